The van der Waals surface area contributed by atoms with E-state index in [-0.39, 0.29) is 33.8 Å². The van der Waals surface area contributed by atoms with Crippen LogP contribution in [-0.4, -0.2) is 47.4 Å². The standard InChI is InChI=1S/C24H24F3N3O4/c1-13-19(14(2)34-29-13)16-11-17(25)23(22(27)21(16)26)28-18-6-3-5-15(20(18)24(31)32)12-30-7-4-9-33-10-8-30/h3,5-6,11,28H,4,7-10,12H2,1-2H3,(H,31,32). The molecule has 1 aromatic heterocycles. The molecule has 2 aromatic carbocycles. The second-order valence-corrected chi connectivity index (χ2v) is 8.12. The zero-order valence-electron chi connectivity index (χ0n) is 18.8. The number of carboxylic acids is 1. The van der Waals surface area contributed by atoms with Gasteiger partial charge in [0.05, 0.1) is 29.1 Å². The van der Waals surface area contributed by atoms with E-state index >= 15 is 4.39 Å². The third-order valence-corrected chi connectivity index (χ3v) is 5.79. The van der Waals surface area contributed by atoms with Crippen LogP contribution in [0.5, 0.6) is 0 Å². The van der Waals surface area contributed by atoms with E-state index < -0.39 is 29.1 Å². The number of halogens is 3. The Kier molecular flexibility index (Phi) is 6.90. The zero-order valence-corrected chi connectivity index (χ0v) is 18.8. The van der Waals surface area contributed by atoms with E-state index in [2.05, 4.69) is 15.4 Å². The molecule has 4 rings (SSSR count). The summed E-state index contributed by atoms with van der Waals surface area (Å²) in [6.07, 6.45) is 0.813. The highest BCUT2D eigenvalue weighted by molar-refractivity contribution is 5.97. The number of nitrogens with zero attached hydrogens (tertiary/aromatic N) is 2. The molecule has 0 unspecified atom stereocenters. The van der Waals surface area contributed by atoms with E-state index in [4.69, 9.17) is 9.26 Å². The Morgan fingerprint density at radius 1 is 1.18 bits per heavy atom. The molecule has 0 aliphatic carbocycles. The minimum Gasteiger partial charge on any atom is -0.478 e. The van der Waals surface area contributed by atoms with Crippen molar-refractivity contribution in [2.45, 2.75) is 26.8 Å². The topological polar surface area (TPSA) is 87.8 Å². The van der Waals surface area contributed by atoms with E-state index in [0.717, 1.165) is 19.0 Å². The van der Waals surface area contributed by atoms with Crippen LogP contribution in [0.3, 0.4) is 0 Å². The van der Waals surface area contributed by atoms with Crippen LogP contribution in [0.25, 0.3) is 11.1 Å². The average Bonchev–Trinajstić information content (AvgIpc) is 2.98. The summed E-state index contributed by atoms with van der Waals surface area (Å²) >= 11 is 0. The van der Waals surface area contributed by atoms with Crippen LogP contribution in [0.1, 0.15) is 33.8 Å². The summed E-state index contributed by atoms with van der Waals surface area (Å²) in [5.41, 5.74) is -0.372. The van der Waals surface area contributed by atoms with E-state index in [1.165, 1.54) is 19.9 Å². The molecule has 34 heavy (non-hydrogen) atoms. The summed E-state index contributed by atoms with van der Waals surface area (Å²) in [6, 6.07) is 5.46. The van der Waals surface area contributed by atoms with E-state index in [1.54, 1.807) is 12.1 Å². The van der Waals surface area contributed by atoms with Gasteiger partial charge in [-0.1, -0.05) is 17.3 Å². The van der Waals surface area contributed by atoms with Gasteiger partial charge >= 0.3 is 5.97 Å². The van der Waals surface area contributed by atoms with Gasteiger partial charge in [-0.2, -0.15) is 0 Å². The Balaban J connectivity index is 1.71. The van der Waals surface area contributed by atoms with Crippen molar-refractivity contribution < 1.29 is 32.3 Å². The number of anilines is 2. The van der Waals surface area contributed by atoms with Crippen LogP contribution in [0, 0.1) is 31.3 Å². The maximum atomic E-state index is 15.0. The van der Waals surface area contributed by atoms with Gasteiger partial charge in [0.1, 0.15) is 11.4 Å². The van der Waals surface area contributed by atoms with Crippen molar-refractivity contribution in [1.29, 1.82) is 0 Å². The first-order valence-electron chi connectivity index (χ1n) is 10.8. The molecule has 1 aliphatic rings. The molecule has 0 saturated carbocycles. The van der Waals surface area contributed by atoms with E-state index in [9.17, 15) is 18.7 Å². The number of aromatic nitrogens is 1. The number of ether oxygens (including phenoxy) is 1. The van der Waals surface area contributed by atoms with Crippen molar-refractivity contribution in [1.82, 2.24) is 10.1 Å². The molecule has 3 aromatic rings. The molecule has 2 heterocycles. The highest BCUT2D eigenvalue weighted by atomic mass is 19.2. The molecule has 10 heteroatoms. The van der Waals surface area contributed by atoms with Gasteiger partial charge in [0.15, 0.2) is 17.5 Å². The lowest BCUT2D eigenvalue weighted by atomic mass is 10.0. The van der Waals surface area contributed by atoms with Crippen LogP contribution in [-0.2, 0) is 11.3 Å². The number of aromatic carboxylic acids is 1. The second kappa shape index (κ2) is 9.86. The minimum absolute atomic E-state index is 0.0432. The third-order valence-electron chi connectivity index (χ3n) is 5.79. The summed E-state index contributed by atoms with van der Waals surface area (Å²) in [7, 11) is 0. The molecule has 7 nitrogen and oxygen atoms in total. The summed E-state index contributed by atoms with van der Waals surface area (Å²) in [5.74, 6) is -4.90. The van der Waals surface area contributed by atoms with E-state index in [1.807, 2.05) is 0 Å². The number of carbonyl (C=O) groups is 1. The van der Waals surface area contributed by atoms with Crippen LogP contribution < -0.4 is 5.32 Å². The van der Waals surface area contributed by atoms with Crippen molar-refractivity contribution in [3.05, 3.63) is 64.3 Å². The average molecular weight is 475 g/mol. The minimum atomic E-state index is -1.47. The summed E-state index contributed by atoms with van der Waals surface area (Å²) in [6.45, 7) is 5.91. The first kappa shape index (κ1) is 23.8. The van der Waals surface area contributed by atoms with Gasteiger partial charge in [-0.15, -0.1) is 0 Å². The Bertz CT molecular complexity index is 1200. The van der Waals surface area contributed by atoms with Crippen LogP contribution in [0.4, 0.5) is 24.5 Å². The SMILES string of the molecule is Cc1noc(C)c1-c1cc(F)c(Nc2cccc(CN3CCCOCC3)c2C(=O)O)c(F)c1F. The monoisotopic (exact) mass is 475 g/mol. The van der Waals surface area contributed by atoms with Gasteiger partial charge in [-0.25, -0.2) is 18.0 Å². The van der Waals surface area contributed by atoms with Gasteiger partial charge in [0, 0.05) is 31.8 Å². The number of rotatable bonds is 6. The van der Waals surface area contributed by atoms with Crippen molar-refractivity contribution in [3.8, 4) is 11.1 Å². The Labute approximate surface area is 194 Å². The lowest BCUT2D eigenvalue weighted by molar-refractivity contribution is 0.0695. The van der Waals surface area contributed by atoms with Gasteiger partial charge in [0.25, 0.3) is 0 Å². The zero-order chi connectivity index (χ0) is 24.4. The number of carboxylic acid groups (broad SMARTS) is 1. The van der Waals surface area contributed by atoms with E-state index in [0.29, 0.717) is 31.9 Å². The first-order chi connectivity index (χ1) is 16.3. The smallest absolute Gasteiger partial charge is 0.338 e. The molecule has 0 amide bonds. The number of nitrogens with one attached hydrogen (secondary N) is 1. The Hall–Kier alpha value is -3.37. The highest BCUT2D eigenvalue weighted by Gasteiger charge is 2.26. The molecule has 1 fully saturated rings. The predicted octanol–water partition coefficient (Wildman–Crippen LogP) is 5.04. The lowest BCUT2D eigenvalue weighted by Gasteiger charge is -2.21. The molecule has 1 aliphatic heterocycles. The largest absolute Gasteiger partial charge is 0.478 e. The first-order valence-corrected chi connectivity index (χ1v) is 10.8. The highest BCUT2D eigenvalue weighted by Crippen LogP contribution is 2.36. The predicted molar refractivity (Wildman–Crippen MR) is 119 cm³/mol. The molecule has 0 atom stereocenters. The van der Waals surface area contributed by atoms with Gasteiger partial charge in [0.2, 0.25) is 0 Å². The molecular weight excluding hydrogens is 451 g/mol. The molecule has 0 bridgehead atoms. The maximum absolute atomic E-state index is 15.0. The number of benzene rings is 2. The second-order valence-electron chi connectivity index (χ2n) is 8.12. The maximum Gasteiger partial charge on any atom is 0.338 e. The van der Waals surface area contributed by atoms with Crippen molar-refractivity contribution in [2.75, 3.05) is 31.6 Å². The van der Waals surface area contributed by atoms with Crippen molar-refractivity contribution in [2.24, 2.45) is 0 Å². The Morgan fingerprint density at radius 3 is 2.68 bits per heavy atom. The summed E-state index contributed by atoms with van der Waals surface area (Å²) in [5, 5.41) is 16.0. The van der Waals surface area contributed by atoms with Crippen molar-refractivity contribution in [3.63, 3.8) is 0 Å². The Morgan fingerprint density at radius 2 is 1.97 bits per heavy atom. The molecule has 2 N–H and O–H groups in total. The summed E-state index contributed by atoms with van der Waals surface area (Å²) in [4.78, 5) is 14.2. The van der Waals surface area contributed by atoms with Crippen molar-refractivity contribution >= 4 is 17.3 Å². The number of aryl methyl sites for hydroxylation is 2. The van der Waals surface area contributed by atoms with Gasteiger partial charge < -0.3 is 19.7 Å². The molecular formula is C24H24F3N3O4. The van der Waals surface area contributed by atoms with Crippen LogP contribution in [0.2, 0.25) is 0 Å². The summed E-state index contributed by atoms with van der Waals surface area (Å²) < 4.78 is 55.4. The normalized spacial score (nSPS) is 14.7. The fourth-order valence-electron chi connectivity index (χ4n) is 4.18. The number of hydrogen-bond donors (Lipinski definition) is 2. The van der Waals surface area contributed by atoms with Gasteiger partial charge in [-0.05, 0) is 38.0 Å². The molecule has 180 valence electrons. The number of hydrogen-bond acceptors (Lipinski definition) is 6. The quantitative estimate of drug-likeness (QED) is 0.483. The molecule has 0 radical (unpaired) electrons. The molecule has 0 spiro atoms. The lowest BCUT2D eigenvalue weighted by Crippen LogP contribution is -2.27. The third kappa shape index (κ3) is 4.64. The van der Waals surface area contributed by atoms with Crippen LogP contribution in [0.15, 0.2) is 28.8 Å². The van der Waals surface area contributed by atoms with Gasteiger partial charge in [-0.3, -0.25) is 4.90 Å². The fourth-order valence-corrected chi connectivity index (χ4v) is 4.18. The van der Waals surface area contributed by atoms with Crippen LogP contribution >= 0.6 is 0 Å². The fraction of sp³-hybridized carbons (Fsp3) is 0.333. The molecule has 1 saturated heterocycles.